The summed E-state index contributed by atoms with van der Waals surface area (Å²) < 4.78 is 28.3. The van der Waals surface area contributed by atoms with Crippen LogP contribution in [0.1, 0.15) is 21.5 Å². The third kappa shape index (κ3) is 2.25. The van der Waals surface area contributed by atoms with Crippen molar-refractivity contribution in [1.82, 2.24) is 0 Å². The van der Waals surface area contributed by atoms with E-state index in [0.29, 0.717) is 0 Å². The van der Waals surface area contributed by atoms with Gasteiger partial charge in [-0.05, 0) is 19.1 Å². The van der Waals surface area contributed by atoms with Gasteiger partial charge in [-0.25, -0.2) is 4.79 Å². The van der Waals surface area contributed by atoms with Crippen molar-refractivity contribution in [3.63, 3.8) is 0 Å². The fraction of sp³-hybridized carbons (Fsp3) is 0.200. The van der Waals surface area contributed by atoms with E-state index in [4.69, 9.17) is 10.4 Å². The van der Waals surface area contributed by atoms with Gasteiger partial charge in [0.2, 0.25) is 0 Å². The first-order chi connectivity index (χ1) is 7.47. The second-order valence-corrected chi connectivity index (χ2v) is 2.91. The van der Waals surface area contributed by atoms with E-state index in [1.165, 1.54) is 13.0 Å². The maximum atomic E-state index is 12.1. The third-order valence-electron chi connectivity index (χ3n) is 1.96. The second-order valence-electron chi connectivity index (χ2n) is 2.91. The molecule has 1 aromatic rings. The van der Waals surface area contributed by atoms with Crippen LogP contribution in [-0.4, -0.2) is 17.7 Å². The highest BCUT2D eigenvalue weighted by Gasteiger charge is 2.19. The van der Waals surface area contributed by atoms with E-state index in [2.05, 4.69) is 4.74 Å². The van der Waals surface area contributed by atoms with Crippen LogP contribution in [0, 0.1) is 18.3 Å². The summed E-state index contributed by atoms with van der Waals surface area (Å²) >= 11 is 0. The number of ether oxygens (including phenoxy) is 1. The summed E-state index contributed by atoms with van der Waals surface area (Å²) in [6.45, 7) is -1.78. The number of carboxylic acids is 1. The maximum absolute atomic E-state index is 12.1. The molecule has 0 radical (unpaired) electrons. The first-order valence-corrected chi connectivity index (χ1v) is 4.19. The Labute approximate surface area is 89.7 Å². The van der Waals surface area contributed by atoms with Crippen molar-refractivity contribution < 1.29 is 23.4 Å². The van der Waals surface area contributed by atoms with E-state index in [1.807, 2.05) is 0 Å². The first-order valence-electron chi connectivity index (χ1n) is 4.19. The quantitative estimate of drug-likeness (QED) is 0.858. The summed E-state index contributed by atoms with van der Waals surface area (Å²) in [5.41, 5.74) is -0.208. The topological polar surface area (TPSA) is 70.3 Å². The number of alkyl halides is 2. The summed E-state index contributed by atoms with van der Waals surface area (Å²) in [7, 11) is 0. The first kappa shape index (κ1) is 11.9. The Kier molecular flexibility index (Phi) is 3.40. The van der Waals surface area contributed by atoms with E-state index >= 15 is 0 Å². The minimum Gasteiger partial charge on any atom is -0.478 e. The molecule has 4 nitrogen and oxygen atoms in total. The Bertz CT molecular complexity index is 466. The molecule has 0 atom stereocenters. The molecule has 1 N–H and O–H groups in total. The lowest BCUT2D eigenvalue weighted by molar-refractivity contribution is -0.0507. The van der Waals surface area contributed by atoms with Crippen LogP contribution in [0.4, 0.5) is 8.78 Å². The van der Waals surface area contributed by atoms with E-state index in [-0.39, 0.29) is 11.1 Å². The highest BCUT2D eigenvalue weighted by molar-refractivity contribution is 5.91. The Balaban J connectivity index is 3.38. The van der Waals surface area contributed by atoms with Crippen molar-refractivity contribution in [2.45, 2.75) is 13.5 Å². The van der Waals surface area contributed by atoms with Crippen LogP contribution in [0.2, 0.25) is 0 Å². The average Bonchev–Trinajstić information content (AvgIpc) is 2.19. The number of nitrogens with zero attached hydrogens (tertiary/aromatic N) is 1. The molecule has 84 valence electrons. The Morgan fingerprint density at radius 3 is 2.62 bits per heavy atom. The normalized spacial score (nSPS) is 9.94. The summed E-state index contributed by atoms with van der Waals surface area (Å²) in [4.78, 5) is 10.7. The number of hydrogen-bond acceptors (Lipinski definition) is 3. The molecule has 0 saturated carbocycles. The van der Waals surface area contributed by atoms with Crippen LogP contribution in [-0.2, 0) is 0 Å². The average molecular weight is 227 g/mol. The van der Waals surface area contributed by atoms with Gasteiger partial charge in [-0.2, -0.15) is 14.0 Å². The largest absolute Gasteiger partial charge is 0.478 e. The van der Waals surface area contributed by atoms with Gasteiger partial charge in [0.1, 0.15) is 11.3 Å². The van der Waals surface area contributed by atoms with Crippen LogP contribution in [0.15, 0.2) is 12.1 Å². The second kappa shape index (κ2) is 4.57. The molecule has 0 heterocycles. The van der Waals surface area contributed by atoms with Crippen molar-refractivity contribution in [2.24, 2.45) is 0 Å². The number of rotatable bonds is 3. The molecule has 1 aromatic carbocycles. The Morgan fingerprint density at radius 1 is 1.56 bits per heavy atom. The molecule has 0 spiro atoms. The molecule has 0 aliphatic rings. The van der Waals surface area contributed by atoms with Gasteiger partial charge in [-0.3, -0.25) is 0 Å². The smallest absolute Gasteiger partial charge is 0.387 e. The zero-order valence-corrected chi connectivity index (χ0v) is 8.20. The number of halogens is 2. The summed E-state index contributed by atoms with van der Waals surface area (Å²) in [6, 6.07) is 4.07. The third-order valence-corrected chi connectivity index (χ3v) is 1.96. The van der Waals surface area contributed by atoms with Gasteiger partial charge in [-0.15, -0.1) is 0 Å². The van der Waals surface area contributed by atoms with Crippen LogP contribution >= 0.6 is 0 Å². The van der Waals surface area contributed by atoms with Gasteiger partial charge in [0, 0.05) is 5.56 Å². The van der Waals surface area contributed by atoms with E-state index in [9.17, 15) is 13.6 Å². The molecule has 0 aliphatic carbocycles. The predicted octanol–water partition coefficient (Wildman–Crippen LogP) is 2.17. The van der Waals surface area contributed by atoms with Gasteiger partial charge in [-0.1, -0.05) is 0 Å². The Hall–Kier alpha value is -2.16. The molecule has 0 aliphatic heterocycles. The highest BCUT2D eigenvalue weighted by atomic mass is 19.3. The summed E-state index contributed by atoms with van der Waals surface area (Å²) in [5.74, 6) is -1.86. The maximum Gasteiger partial charge on any atom is 0.387 e. The molecule has 0 bridgehead atoms. The Morgan fingerprint density at radius 2 is 2.19 bits per heavy atom. The molecule has 1 rings (SSSR count). The van der Waals surface area contributed by atoms with Gasteiger partial charge in [0.15, 0.2) is 0 Å². The fourth-order valence-corrected chi connectivity index (χ4v) is 1.22. The molecular weight excluding hydrogens is 220 g/mol. The summed E-state index contributed by atoms with van der Waals surface area (Å²) in [6.07, 6.45) is 0. The van der Waals surface area contributed by atoms with Crippen molar-refractivity contribution in [3.8, 4) is 11.8 Å². The number of nitriles is 1. The van der Waals surface area contributed by atoms with Crippen LogP contribution in [0.5, 0.6) is 5.75 Å². The fourth-order valence-electron chi connectivity index (χ4n) is 1.22. The molecule has 0 saturated heterocycles. The summed E-state index contributed by atoms with van der Waals surface area (Å²) in [5, 5.41) is 17.4. The van der Waals surface area contributed by atoms with Crippen LogP contribution in [0.3, 0.4) is 0 Å². The predicted molar refractivity (Wildman–Crippen MR) is 49.5 cm³/mol. The zero-order valence-electron chi connectivity index (χ0n) is 8.20. The number of carboxylic acid groups (broad SMARTS) is 1. The highest BCUT2D eigenvalue weighted by Crippen LogP contribution is 2.28. The monoisotopic (exact) mass is 227 g/mol. The molecule has 0 amide bonds. The zero-order chi connectivity index (χ0) is 12.3. The molecule has 0 fully saturated rings. The van der Waals surface area contributed by atoms with Crippen molar-refractivity contribution >= 4 is 5.97 Å². The van der Waals surface area contributed by atoms with Crippen molar-refractivity contribution in [2.75, 3.05) is 0 Å². The lowest BCUT2D eigenvalue weighted by Crippen LogP contribution is -2.09. The van der Waals surface area contributed by atoms with Crippen molar-refractivity contribution in [1.29, 1.82) is 5.26 Å². The molecule has 16 heavy (non-hydrogen) atoms. The SMILES string of the molecule is Cc1c(C#N)ccc(C(=O)O)c1OC(F)F. The minimum atomic E-state index is -3.13. The molecule has 0 aromatic heterocycles. The molecule has 0 unspecified atom stereocenters. The molecule has 6 heteroatoms. The number of benzene rings is 1. The number of hydrogen-bond donors (Lipinski definition) is 1. The van der Waals surface area contributed by atoms with Crippen LogP contribution in [0.25, 0.3) is 0 Å². The van der Waals surface area contributed by atoms with Gasteiger partial charge < -0.3 is 9.84 Å². The minimum absolute atomic E-state index is 0.0858. The lowest BCUT2D eigenvalue weighted by Gasteiger charge is -2.11. The van der Waals surface area contributed by atoms with Gasteiger partial charge in [0.25, 0.3) is 0 Å². The lowest BCUT2D eigenvalue weighted by atomic mass is 10.0. The van der Waals surface area contributed by atoms with Gasteiger partial charge >= 0.3 is 12.6 Å². The molecular formula is C10H7F2NO3. The van der Waals surface area contributed by atoms with Gasteiger partial charge in [0.05, 0.1) is 11.6 Å². The standard InChI is InChI=1S/C10H7F2NO3/c1-5-6(4-13)2-3-7(9(14)15)8(5)16-10(11)12/h2-3,10H,1H3,(H,14,15). The number of aromatic carboxylic acids is 1. The van der Waals surface area contributed by atoms with E-state index in [1.54, 1.807) is 6.07 Å². The number of carbonyl (C=O) groups is 1. The van der Waals surface area contributed by atoms with E-state index in [0.717, 1.165) is 6.07 Å². The van der Waals surface area contributed by atoms with Crippen LogP contribution < -0.4 is 4.74 Å². The van der Waals surface area contributed by atoms with E-state index < -0.39 is 23.9 Å². The van der Waals surface area contributed by atoms with Crippen molar-refractivity contribution in [3.05, 3.63) is 28.8 Å².